The van der Waals surface area contributed by atoms with Crippen LogP contribution in [0.25, 0.3) is 11.0 Å². The lowest BCUT2D eigenvalue weighted by atomic mass is 10.1. The van der Waals surface area contributed by atoms with Gasteiger partial charge in [0.05, 0.1) is 12.7 Å². The van der Waals surface area contributed by atoms with Crippen molar-refractivity contribution >= 4 is 34.5 Å². The van der Waals surface area contributed by atoms with E-state index in [1.54, 1.807) is 30.0 Å². The van der Waals surface area contributed by atoms with E-state index in [9.17, 15) is 9.59 Å². The van der Waals surface area contributed by atoms with E-state index in [4.69, 9.17) is 13.9 Å². The molecule has 0 saturated carbocycles. The van der Waals surface area contributed by atoms with Gasteiger partial charge in [0.2, 0.25) is 5.76 Å². The van der Waals surface area contributed by atoms with Gasteiger partial charge in [0.1, 0.15) is 5.58 Å². The van der Waals surface area contributed by atoms with Crippen LogP contribution in [0.15, 0.2) is 57.8 Å². The molecule has 0 saturated heterocycles. The molecule has 1 aromatic heterocycles. The third-order valence-corrected chi connectivity index (χ3v) is 4.93. The van der Waals surface area contributed by atoms with Crippen molar-refractivity contribution in [1.29, 1.82) is 0 Å². The lowest BCUT2D eigenvalue weighted by Gasteiger charge is -2.08. The number of hydrogen-bond acceptors (Lipinski definition) is 6. The molecule has 28 heavy (non-hydrogen) atoms. The zero-order chi connectivity index (χ0) is 20.1. The Bertz CT molecular complexity index is 972. The lowest BCUT2D eigenvalue weighted by Crippen LogP contribution is -2.15. The quantitative estimate of drug-likeness (QED) is 0.298. The number of para-hydroxylation sites is 1. The maximum atomic E-state index is 12.6. The Morgan fingerprint density at radius 2 is 1.79 bits per heavy atom. The Kier molecular flexibility index (Phi) is 6.54. The van der Waals surface area contributed by atoms with Crippen molar-refractivity contribution in [3.05, 3.63) is 65.4 Å². The molecule has 0 bridgehead atoms. The first-order valence-electron chi connectivity index (χ1n) is 8.96. The van der Waals surface area contributed by atoms with Crippen LogP contribution in [0, 0.1) is 0 Å². The SMILES string of the molecule is CSc1ccc(C(=O)COC(=O)c2oc3ccccc3c2COC(C)C)cc1. The van der Waals surface area contributed by atoms with Crippen LogP contribution in [0.1, 0.15) is 40.3 Å². The highest BCUT2D eigenvalue weighted by molar-refractivity contribution is 7.98. The fourth-order valence-corrected chi connectivity index (χ4v) is 3.12. The summed E-state index contributed by atoms with van der Waals surface area (Å²) in [7, 11) is 0. The Morgan fingerprint density at radius 3 is 2.46 bits per heavy atom. The summed E-state index contributed by atoms with van der Waals surface area (Å²) < 4.78 is 16.6. The van der Waals surface area contributed by atoms with Crippen molar-refractivity contribution in [1.82, 2.24) is 0 Å². The number of ether oxygens (including phenoxy) is 2. The first-order valence-corrected chi connectivity index (χ1v) is 10.2. The second-order valence-electron chi connectivity index (χ2n) is 6.49. The fraction of sp³-hybridized carbons (Fsp3) is 0.273. The lowest BCUT2D eigenvalue weighted by molar-refractivity contribution is 0.0423. The van der Waals surface area contributed by atoms with E-state index >= 15 is 0 Å². The van der Waals surface area contributed by atoms with Crippen LogP contribution in [0.5, 0.6) is 0 Å². The van der Waals surface area contributed by atoms with Gasteiger partial charge in [-0.1, -0.05) is 30.3 Å². The Morgan fingerprint density at radius 1 is 1.07 bits per heavy atom. The zero-order valence-electron chi connectivity index (χ0n) is 16.1. The monoisotopic (exact) mass is 398 g/mol. The van der Waals surface area contributed by atoms with Crippen LogP contribution in [-0.4, -0.2) is 30.7 Å². The molecule has 0 aliphatic heterocycles. The summed E-state index contributed by atoms with van der Waals surface area (Å²) in [6.45, 7) is 3.71. The fourth-order valence-electron chi connectivity index (χ4n) is 2.71. The van der Waals surface area contributed by atoms with E-state index in [0.29, 0.717) is 16.7 Å². The topological polar surface area (TPSA) is 65.7 Å². The average molecular weight is 398 g/mol. The summed E-state index contributed by atoms with van der Waals surface area (Å²) in [5.41, 5.74) is 1.71. The molecule has 0 unspecified atom stereocenters. The summed E-state index contributed by atoms with van der Waals surface area (Å²) in [4.78, 5) is 26.0. The third-order valence-electron chi connectivity index (χ3n) is 4.19. The minimum Gasteiger partial charge on any atom is -0.451 e. The van der Waals surface area contributed by atoms with Crippen LogP contribution in [0.4, 0.5) is 0 Å². The molecule has 0 aliphatic rings. The molecule has 0 fully saturated rings. The second kappa shape index (κ2) is 9.08. The van der Waals surface area contributed by atoms with Crippen LogP contribution in [-0.2, 0) is 16.1 Å². The van der Waals surface area contributed by atoms with E-state index in [0.717, 1.165) is 10.3 Å². The predicted molar refractivity (Wildman–Crippen MR) is 109 cm³/mol. The predicted octanol–water partition coefficient (Wildman–Crippen LogP) is 5.12. The minimum absolute atomic E-state index is 0.00312. The molecule has 3 aromatic rings. The van der Waals surface area contributed by atoms with Gasteiger partial charge in [0, 0.05) is 21.4 Å². The molecular formula is C22H22O5S. The average Bonchev–Trinajstić information content (AvgIpc) is 3.09. The number of fused-ring (bicyclic) bond motifs is 1. The molecule has 6 heteroatoms. The van der Waals surface area contributed by atoms with Gasteiger partial charge in [-0.15, -0.1) is 11.8 Å². The molecule has 146 valence electrons. The molecule has 0 aliphatic carbocycles. The number of rotatable bonds is 8. The Labute approximate surface area is 168 Å². The standard InChI is InChI=1S/C22H22O5S/c1-14(2)25-12-18-17-6-4-5-7-20(17)27-21(18)22(24)26-13-19(23)15-8-10-16(28-3)11-9-15/h4-11,14H,12-13H2,1-3H3. The highest BCUT2D eigenvalue weighted by atomic mass is 32.2. The molecule has 5 nitrogen and oxygen atoms in total. The molecule has 1 heterocycles. The maximum Gasteiger partial charge on any atom is 0.375 e. The molecule has 0 spiro atoms. The van der Waals surface area contributed by atoms with Gasteiger partial charge in [-0.25, -0.2) is 4.79 Å². The molecule has 0 atom stereocenters. The molecular weight excluding hydrogens is 376 g/mol. The van der Waals surface area contributed by atoms with Gasteiger partial charge in [-0.2, -0.15) is 0 Å². The van der Waals surface area contributed by atoms with E-state index in [1.807, 2.05) is 50.4 Å². The number of esters is 1. The number of ketones is 1. The van der Waals surface area contributed by atoms with Gasteiger partial charge in [-0.3, -0.25) is 4.79 Å². The van der Waals surface area contributed by atoms with E-state index in [-0.39, 0.29) is 30.9 Å². The molecule has 0 radical (unpaired) electrons. The number of thioether (sulfide) groups is 1. The first kappa shape index (κ1) is 20.2. The van der Waals surface area contributed by atoms with Crippen LogP contribution >= 0.6 is 11.8 Å². The number of furan rings is 1. The maximum absolute atomic E-state index is 12.6. The van der Waals surface area contributed by atoms with Crippen molar-refractivity contribution in [2.45, 2.75) is 31.5 Å². The minimum atomic E-state index is -0.673. The number of carbonyl (C=O) groups is 2. The van der Waals surface area contributed by atoms with Crippen molar-refractivity contribution in [2.24, 2.45) is 0 Å². The number of Topliss-reactive ketones (excluding diaryl/α,β-unsaturated/α-hetero) is 1. The molecule has 3 rings (SSSR count). The van der Waals surface area contributed by atoms with Crippen molar-refractivity contribution in [3.8, 4) is 0 Å². The number of benzene rings is 2. The summed E-state index contributed by atoms with van der Waals surface area (Å²) >= 11 is 1.59. The van der Waals surface area contributed by atoms with Gasteiger partial charge in [-0.05, 0) is 38.3 Å². The smallest absolute Gasteiger partial charge is 0.375 e. The van der Waals surface area contributed by atoms with Crippen LogP contribution in [0.2, 0.25) is 0 Å². The van der Waals surface area contributed by atoms with Crippen molar-refractivity contribution < 1.29 is 23.5 Å². The largest absolute Gasteiger partial charge is 0.451 e. The van der Waals surface area contributed by atoms with Gasteiger partial charge in [0.25, 0.3) is 0 Å². The summed E-state index contributed by atoms with van der Waals surface area (Å²) in [5.74, 6) is -0.864. The van der Waals surface area contributed by atoms with Crippen LogP contribution < -0.4 is 0 Å². The van der Waals surface area contributed by atoms with E-state index in [2.05, 4.69) is 0 Å². The van der Waals surface area contributed by atoms with E-state index < -0.39 is 5.97 Å². The highest BCUT2D eigenvalue weighted by Gasteiger charge is 2.23. The first-order chi connectivity index (χ1) is 13.5. The molecule has 0 amide bonds. The number of carbonyl (C=O) groups excluding carboxylic acids is 2. The second-order valence-corrected chi connectivity index (χ2v) is 7.37. The highest BCUT2D eigenvalue weighted by Crippen LogP contribution is 2.27. The van der Waals surface area contributed by atoms with Crippen LogP contribution in [0.3, 0.4) is 0 Å². The van der Waals surface area contributed by atoms with Gasteiger partial charge >= 0.3 is 5.97 Å². The number of hydrogen-bond donors (Lipinski definition) is 0. The van der Waals surface area contributed by atoms with E-state index in [1.165, 1.54) is 0 Å². The third kappa shape index (κ3) is 4.64. The molecule has 2 aromatic carbocycles. The normalized spacial score (nSPS) is 11.1. The Balaban J connectivity index is 1.75. The van der Waals surface area contributed by atoms with Crippen molar-refractivity contribution in [2.75, 3.05) is 12.9 Å². The Hall–Kier alpha value is -2.57. The zero-order valence-corrected chi connectivity index (χ0v) is 16.9. The van der Waals surface area contributed by atoms with Gasteiger partial charge in [0.15, 0.2) is 12.4 Å². The summed E-state index contributed by atoms with van der Waals surface area (Å²) in [6.07, 6.45) is 1.97. The summed E-state index contributed by atoms with van der Waals surface area (Å²) in [6, 6.07) is 14.5. The van der Waals surface area contributed by atoms with Crippen molar-refractivity contribution in [3.63, 3.8) is 0 Å². The van der Waals surface area contributed by atoms with Gasteiger partial charge < -0.3 is 13.9 Å². The summed E-state index contributed by atoms with van der Waals surface area (Å²) in [5, 5.41) is 0.800. The molecule has 0 N–H and O–H groups in total.